The second-order valence-electron chi connectivity index (χ2n) is 6.59. The number of fused-ring (bicyclic) bond motifs is 1. The maximum absolute atomic E-state index is 13.9. The van der Waals surface area contributed by atoms with E-state index in [0.717, 1.165) is 36.3 Å². The van der Waals surface area contributed by atoms with Gasteiger partial charge in [0.1, 0.15) is 11.1 Å². The number of nitrogens with zero attached hydrogens (tertiary/aromatic N) is 2. The van der Waals surface area contributed by atoms with Crippen molar-refractivity contribution in [1.82, 2.24) is 10.3 Å². The zero-order valence-corrected chi connectivity index (χ0v) is 15.9. The van der Waals surface area contributed by atoms with E-state index in [9.17, 15) is 36.4 Å². The molecule has 0 aromatic carbocycles. The van der Waals surface area contributed by atoms with Gasteiger partial charge in [-0.1, -0.05) is 0 Å². The third-order valence-corrected chi connectivity index (χ3v) is 5.89. The summed E-state index contributed by atoms with van der Waals surface area (Å²) in [6.45, 7) is 0. The Morgan fingerprint density at radius 1 is 1.07 bits per heavy atom. The van der Waals surface area contributed by atoms with E-state index in [1.54, 1.807) is 6.07 Å². The fourth-order valence-electron chi connectivity index (χ4n) is 3.16. The average Bonchev–Trinajstić information content (AvgIpc) is 3.03. The molecule has 0 aliphatic heterocycles. The van der Waals surface area contributed by atoms with E-state index in [-0.39, 0.29) is 5.56 Å². The molecule has 1 amide bonds. The zero-order valence-electron chi connectivity index (χ0n) is 15.1. The maximum Gasteiger partial charge on any atom is 0.439 e. The molecule has 0 fully saturated rings. The third kappa shape index (κ3) is 3.81. The Hall–Kier alpha value is -2.81. The Bertz CT molecular complexity index is 964. The SMILES string of the molecule is N#Cc1c(NC(NC(=O)c2ccncc2)(C(F)(F)F)C(F)(F)F)sc2c1CCCC2. The summed E-state index contributed by atoms with van der Waals surface area (Å²) in [5, 5.41) is 11.3. The molecule has 0 spiro atoms. The van der Waals surface area contributed by atoms with Gasteiger partial charge in [-0.2, -0.15) is 31.6 Å². The molecule has 3 rings (SSSR count). The Balaban J connectivity index is 2.10. The van der Waals surface area contributed by atoms with E-state index < -0.39 is 34.5 Å². The van der Waals surface area contributed by atoms with E-state index in [1.165, 1.54) is 5.32 Å². The second kappa shape index (κ2) is 7.79. The fraction of sp³-hybridized carbons (Fsp3) is 0.389. The van der Waals surface area contributed by atoms with Gasteiger partial charge < -0.3 is 10.6 Å². The molecule has 1 aliphatic carbocycles. The molecule has 12 heteroatoms. The minimum atomic E-state index is -5.97. The monoisotopic (exact) mass is 448 g/mol. The van der Waals surface area contributed by atoms with Crippen molar-refractivity contribution in [2.45, 2.75) is 43.7 Å². The number of hydrogen-bond acceptors (Lipinski definition) is 5. The van der Waals surface area contributed by atoms with Crippen LogP contribution in [0.2, 0.25) is 0 Å². The lowest BCUT2D eigenvalue weighted by atomic mass is 9.96. The minimum Gasteiger partial charge on any atom is -0.338 e. The van der Waals surface area contributed by atoms with Gasteiger partial charge in [-0.15, -0.1) is 11.3 Å². The number of aryl methyl sites for hydroxylation is 1. The Labute approximate surface area is 170 Å². The van der Waals surface area contributed by atoms with Crippen LogP contribution < -0.4 is 10.6 Å². The number of anilines is 1. The first kappa shape index (κ1) is 21.9. The van der Waals surface area contributed by atoms with E-state index in [4.69, 9.17) is 0 Å². The molecule has 0 bridgehead atoms. The van der Waals surface area contributed by atoms with Gasteiger partial charge in [0, 0.05) is 22.8 Å². The molecule has 2 heterocycles. The van der Waals surface area contributed by atoms with Crippen molar-refractivity contribution in [3.8, 4) is 6.07 Å². The lowest BCUT2D eigenvalue weighted by molar-refractivity contribution is -0.293. The van der Waals surface area contributed by atoms with Crippen molar-refractivity contribution in [2.24, 2.45) is 0 Å². The van der Waals surface area contributed by atoms with Crippen molar-refractivity contribution in [2.75, 3.05) is 5.32 Å². The maximum atomic E-state index is 13.9. The van der Waals surface area contributed by atoms with Crippen LogP contribution >= 0.6 is 11.3 Å². The van der Waals surface area contributed by atoms with Crippen LogP contribution in [0, 0.1) is 11.3 Å². The zero-order chi connectivity index (χ0) is 22.2. The Morgan fingerprint density at radius 2 is 1.67 bits per heavy atom. The average molecular weight is 448 g/mol. The van der Waals surface area contributed by atoms with Crippen molar-refractivity contribution >= 4 is 22.2 Å². The van der Waals surface area contributed by atoms with Crippen molar-refractivity contribution in [1.29, 1.82) is 5.26 Å². The topological polar surface area (TPSA) is 77.8 Å². The van der Waals surface area contributed by atoms with E-state index in [2.05, 4.69) is 4.98 Å². The number of nitrogens with one attached hydrogen (secondary N) is 2. The van der Waals surface area contributed by atoms with Gasteiger partial charge in [0.25, 0.3) is 5.91 Å². The van der Waals surface area contributed by atoms with Gasteiger partial charge in [-0.25, -0.2) is 0 Å². The summed E-state index contributed by atoms with van der Waals surface area (Å²) in [5.41, 5.74) is -5.03. The van der Waals surface area contributed by atoms with Crippen LogP contribution in [-0.2, 0) is 12.8 Å². The van der Waals surface area contributed by atoms with Crippen molar-refractivity contribution in [3.63, 3.8) is 0 Å². The highest BCUT2D eigenvalue weighted by atomic mass is 32.1. The Morgan fingerprint density at radius 3 is 2.23 bits per heavy atom. The number of rotatable bonds is 4. The predicted octanol–water partition coefficient (Wildman–Crippen LogP) is 4.56. The van der Waals surface area contributed by atoms with Crippen molar-refractivity contribution in [3.05, 3.63) is 46.1 Å². The molecular formula is C18H14F6N4OS. The molecular weight excluding hydrogens is 434 g/mol. The van der Waals surface area contributed by atoms with E-state index in [0.29, 0.717) is 41.0 Å². The molecule has 30 heavy (non-hydrogen) atoms. The molecule has 0 atom stereocenters. The first-order valence-electron chi connectivity index (χ1n) is 8.69. The molecule has 0 saturated heterocycles. The van der Waals surface area contributed by atoms with Crippen LogP contribution in [0.3, 0.4) is 0 Å². The summed E-state index contributed by atoms with van der Waals surface area (Å²) in [6.07, 6.45) is -7.55. The van der Waals surface area contributed by atoms with Crippen LogP contribution in [0.25, 0.3) is 0 Å². The van der Waals surface area contributed by atoms with Gasteiger partial charge >= 0.3 is 18.0 Å². The van der Waals surface area contributed by atoms with Crippen LogP contribution in [0.5, 0.6) is 0 Å². The van der Waals surface area contributed by atoms with Crippen LogP contribution in [0.1, 0.15) is 39.2 Å². The van der Waals surface area contributed by atoms with Crippen LogP contribution in [0.15, 0.2) is 24.5 Å². The standard InChI is InChI=1S/C18H14F6N4OS/c19-17(20,21)16(18(22,23)24,27-14(29)10-5-7-26-8-6-10)28-15-12(9-25)11-3-1-2-4-13(11)30-15/h5-8,28H,1-4H2,(H,27,29). The number of pyridine rings is 1. The van der Waals surface area contributed by atoms with Gasteiger partial charge in [-0.3, -0.25) is 9.78 Å². The number of carbonyl (C=O) groups is 1. The number of halogens is 6. The quantitative estimate of drug-likeness (QED) is 0.531. The molecule has 2 N–H and O–H groups in total. The second-order valence-corrected chi connectivity index (χ2v) is 7.69. The van der Waals surface area contributed by atoms with Gasteiger partial charge in [-0.05, 0) is 43.4 Å². The smallest absolute Gasteiger partial charge is 0.338 e. The number of nitriles is 1. The molecule has 0 unspecified atom stereocenters. The molecule has 5 nitrogen and oxygen atoms in total. The molecule has 0 saturated carbocycles. The molecule has 2 aromatic heterocycles. The van der Waals surface area contributed by atoms with Crippen LogP contribution in [0.4, 0.5) is 31.3 Å². The summed E-state index contributed by atoms with van der Waals surface area (Å²) < 4.78 is 83.2. The molecule has 160 valence electrons. The van der Waals surface area contributed by atoms with Crippen LogP contribution in [-0.4, -0.2) is 28.9 Å². The lowest BCUT2D eigenvalue weighted by Crippen LogP contribution is -2.72. The van der Waals surface area contributed by atoms with E-state index in [1.807, 2.05) is 0 Å². The number of carbonyl (C=O) groups excluding carboxylic acids is 1. The number of hydrogen-bond donors (Lipinski definition) is 2. The predicted molar refractivity (Wildman–Crippen MR) is 95.8 cm³/mol. The number of alkyl halides is 6. The summed E-state index contributed by atoms with van der Waals surface area (Å²) in [6, 6.07) is 3.67. The van der Waals surface area contributed by atoms with Gasteiger partial charge in [0.05, 0.1) is 5.56 Å². The van der Waals surface area contributed by atoms with E-state index >= 15 is 0 Å². The van der Waals surface area contributed by atoms with Gasteiger partial charge in [0.15, 0.2) is 0 Å². The summed E-state index contributed by atoms with van der Waals surface area (Å²) in [4.78, 5) is 16.4. The summed E-state index contributed by atoms with van der Waals surface area (Å²) >= 11 is 0.674. The fourth-order valence-corrected chi connectivity index (χ4v) is 4.46. The lowest BCUT2D eigenvalue weighted by Gasteiger charge is -2.38. The molecule has 2 aromatic rings. The summed E-state index contributed by atoms with van der Waals surface area (Å²) in [7, 11) is 0. The first-order valence-corrected chi connectivity index (χ1v) is 9.50. The normalized spacial score (nSPS) is 14.6. The number of aromatic nitrogens is 1. The number of amides is 1. The highest BCUT2D eigenvalue weighted by Gasteiger charge is 2.73. The molecule has 0 radical (unpaired) electrons. The van der Waals surface area contributed by atoms with Crippen molar-refractivity contribution < 1.29 is 31.1 Å². The van der Waals surface area contributed by atoms with Gasteiger partial charge in [0.2, 0.25) is 0 Å². The third-order valence-electron chi connectivity index (χ3n) is 4.68. The number of thiophene rings is 1. The first-order chi connectivity index (χ1) is 14.0. The highest BCUT2D eigenvalue weighted by Crippen LogP contribution is 2.47. The largest absolute Gasteiger partial charge is 0.439 e. The Kier molecular flexibility index (Phi) is 5.68. The highest BCUT2D eigenvalue weighted by molar-refractivity contribution is 7.16. The molecule has 1 aliphatic rings. The minimum absolute atomic E-state index is 0.259. The summed E-state index contributed by atoms with van der Waals surface area (Å²) in [5.74, 6) is -1.60.